The zero-order chi connectivity index (χ0) is 15.9. The largest absolute Gasteiger partial charge is 0.314 e. The van der Waals surface area contributed by atoms with Gasteiger partial charge in [-0.2, -0.15) is 0 Å². The first-order valence-corrected chi connectivity index (χ1v) is 8.59. The monoisotopic (exact) mass is 289 g/mol. The van der Waals surface area contributed by atoms with Gasteiger partial charge in [-0.05, 0) is 61.6 Å². The second kappa shape index (κ2) is 8.58. The summed E-state index contributed by atoms with van der Waals surface area (Å²) in [6.45, 7) is 15.0. The van der Waals surface area contributed by atoms with E-state index < -0.39 is 0 Å². The molecule has 2 unspecified atom stereocenters. The lowest BCUT2D eigenvalue weighted by atomic mass is 9.82. The number of hydrogen-bond acceptors (Lipinski definition) is 1. The Morgan fingerprint density at radius 1 is 1.14 bits per heavy atom. The van der Waals surface area contributed by atoms with E-state index in [1.165, 1.54) is 30.4 Å². The minimum atomic E-state index is 0.428. The van der Waals surface area contributed by atoms with E-state index >= 15 is 0 Å². The first kappa shape index (κ1) is 18.2. The Bertz CT molecular complexity index is 403. The third kappa shape index (κ3) is 7.66. The number of hydrogen-bond donors (Lipinski definition) is 1. The van der Waals surface area contributed by atoms with E-state index in [9.17, 15) is 0 Å². The van der Waals surface area contributed by atoms with Crippen molar-refractivity contribution >= 4 is 0 Å². The SMILES string of the molecule is CCCNC(Cc1ccccc1C)CC(C)CC(C)(C)C. The fraction of sp³-hybridized carbons (Fsp3) is 0.700. The third-order valence-corrected chi connectivity index (χ3v) is 4.06. The van der Waals surface area contributed by atoms with Gasteiger partial charge in [0.05, 0.1) is 0 Å². The van der Waals surface area contributed by atoms with Crippen LogP contribution in [0.4, 0.5) is 0 Å². The van der Waals surface area contributed by atoms with Crippen LogP contribution in [0.3, 0.4) is 0 Å². The van der Waals surface area contributed by atoms with Gasteiger partial charge in [0.25, 0.3) is 0 Å². The fourth-order valence-electron chi connectivity index (χ4n) is 3.31. The molecule has 0 saturated heterocycles. The van der Waals surface area contributed by atoms with Gasteiger partial charge in [-0.1, -0.05) is 58.9 Å². The van der Waals surface area contributed by atoms with E-state index in [0.717, 1.165) is 18.9 Å². The average molecular weight is 290 g/mol. The molecule has 0 amide bonds. The molecule has 120 valence electrons. The fourth-order valence-corrected chi connectivity index (χ4v) is 3.31. The van der Waals surface area contributed by atoms with Gasteiger partial charge in [0.15, 0.2) is 0 Å². The zero-order valence-corrected chi connectivity index (χ0v) is 15.0. The molecule has 1 rings (SSSR count). The van der Waals surface area contributed by atoms with E-state index in [2.05, 4.69) is 71.1 Å². The Hall–Kier alpha value is -0.820. The standard InChI is InChI=1S/C20H35N/c1-7-12-21-19(13-16(2)15-20(4,5)6)14-18-11-9-8-10-17(18)3/h8-11,16,19,21H,7,12-15H2,1-6H3. The maximum Gasteiger partial charge on any atom is 0.0110 e. The third-order valence-electron chi connectivity index (χ3n) is 4.06. The second-order valence-electron chi connectivity index (χ2n) is 7.89. The van der Waals surface area contributed by atoms with Gasteiger partial charge in [0, 0.05) is 6.04 Å². The van der Waals surface area contributed by atoms with Crippen LogP contribution < -0.4 is 5.32 Å². The highest BCUT2D eigenvalue weighted by atomic mass is 14.9. The van der Waals surface area contributed by atoms with Crippen LogP contribution in [0, 0.1) is 18.3 Å². The molecule has 0 aromatic heterocycles. The van der Waals surface area contributed by atoms with Gasteiger partial charge in [0.1, 0.15) is 0 Å². The van der Waals surface area contributed by atoms with Gasteiger partial charge in [-0.25, -0.2) is 0 Å². The van der Waals surface area contributed by atoms with Crippen molar-refractivity contribution in [3.63, 3.8) is 0 Å². The van der Waals surface area contributed by atoms with Crippen molar-refractivity contribution < 1.29 is 0 Å². The molecule has 0 fully saturated rings. The molecular formula is C20H35N. The van der Waals surface area contributed by atoms with Gasteiger partial charge in [0.2, 0.25) is 0 Å². The maximum absolute atomic E-state index is 3.76. The summed E-state index contributed by atoms with van der Waals surface area (Å²) in [5.74, 6) is 0.767. The zero-order valence-electron chi connectivity index (χ0n) is 15.0. The van der Waals surface area contributed by atoms with Crippen LogP contribution in [0.15, 0.2) is 24.3 Å². The molecule has 0 saturated carbocycles. The smallest absolute Gasteiger partial charge is 0.0110 e. The summed E-state index contributed by atoms with van der Waals surface area (Å²) in [5.41, 5.74) is 3.34. The predicted molar refractivity (Wildman–Crippen MR) is 94.8 cm³/mol. The molecule has 21 heavy (non-hydrogen) atoms. The van der Waals surface area contributed by atoms with Crippen molar-refractivity contribution in [1.82, 2.24) is 5.32 Å². The van der Waals surface area contributed by atoms with Gasteiger partial charge >= 0.3 is 0 Å². The van der Waals surface area contributed by atoms with Crippen LogP contribution in [0.5, 0.6) is 0 Å². The van der Waals surface area contributed by atoms with Crippen molar-refractivity contribution in [1.29, 1.82) is 0 Å². The van der Waals surface area contributed by atoms with E-state index in [0.29, 0.717) is 11.5 Å². The van der Waals surface area contributed by atoms with E-state index in [4.69, 9.17) is 0 Å². The summed E-state index contributed by atoms with van der Waals surface area (Å²) >= 11 is 0. The van der Waals surface area contributed by atoms with Gasteiger partial charge in [-0.3, -0.25) is 0 Å². The van der Waals surface area contributed by atoms with Crippen molar-refractivity contribution in [2.75, 3.05) is 6.54 Å². The van der Waals surface area contributed by atoms with E-state index in [1.54, 1.807) is 0 Å². The average Bonchev–Trinajstić information content (AvgIpc) is 2.36. The molecule has 2 atom stereocenters. The van der Waals surface area contributed by atoms with Gasteiger partial charge < -0.3 is 5.32 Å². The second-order valence-corrected chi connectivity index (χ2v) is 7.89. The molecule has 0 heterocycles. The summed E-state index contributed by atoms with van der Waals surface area (Å²) in [4.78, 5) is 0. The molecule has 0 spiro atoms. The van der Waals surface area contributed by atoms with E-state index in [-0.39, 0.29) is 0 Å². The highest BCUT2D eigenvalue weighted by Gasteiger charge is 2.19. The first-order valence-electron chi connectivity index (χ1n) is 8.59. The van der Waals surface area contributed by atoms with Crippen LogP contribution in [-0.2, 0) is 6.42 Å². The lowest BCUT2D eigenvalue weighted by Crippen LogP contribution is -2.34. The summed E-state index contributed by atoms with van der Waals surface area (Å²) in [7, 11) is 0. The number of nitrogens with one attached hydrogen (secondary N) is 1. The van der Waals surface area contributed by atoms with Crippen LogP contribution in [-0.4, -0.2) is 12.6 Å². The van der Waals surface area contributed by atoms with Gasteiger partial charge in [-0.15, -0.1) is 0 Å². The molecule has 1 N–H and O–H groups in total. The van der Waals surface area contributed by atoms with E-state index in [1.807, 2.05) is 0 Å². The molecule has 0 aliphatic carbocycles. The van der Waals surface area contributed by atoms with Crippen LogP contribution >= 0.6 is 0 Å². The Kier molecular flexibility index (Phi) is 7.45. The number of benzene rings is 1. The molecule has 0 radical (unpaired) electrons. The minimum Gasteiger partial charge on any atom is -0.314 e. The van der Waals surface area contributed by atoms with Crippen molar-refractivity contribution in [3.05, 3.63) is 35.4 Å². The Morgan fingerprint density at radius 3 is 2.38 bits per heavy atom. The summed E-state index contributed by atoms with van der Waals surface area (Å²) in [6, 6.07) is 9.41. The minimum absolute atomic E-state index is 0.428. The highest BCUT2D eigenvalue weighted by molar-refractivity contribution is 5.26. The Labute approximate surface area is 132 Å². The quantitative estimate of drug-likeness (QED) is 0.678. The first-order chi connectivity index (χ1) is 9.81. The molecule has 1 heteroatoms. The Balaban J connectivity index is 2.65. The molecule has 1 nitrogen and oxygen atoms in total. The number of aryl methyl sites for hydroxylation is 1. The lowest BCUT2D eigenvalue weighted by Gasteiger charge is -2.27. The van der Waals surface area contributed by atoms with Crippen molar-refractivity contribution in [2.24, 2.45) is 11.3 Å². The molecule has 1 aromatic carbocycles. The molecule has 0 aliphatic heterocycles. The summed E-state index contributed by atoms with van der Waals surface area (Å²) < 4.78 is 0. The molecule has 1 aromatic rings. The number of rotatable bonds is 8. The summed E-state index contributed by atoms with van der Waals surface area (Å²) in [5, 5.41) is 3.76. The van der Waals surface area contributed by atoms with Crippen LogP contribution in [0.2, 0.25) is 0 Å². The van der Waals surface area contributed by atoms with Crippen LogP contribution in [0.25, 0.3) is 0 Å². The predicted octanol–water partition coefficient (Wildman–Crippen LogP) is 5.37. The van der Waals surface area contributed by atoms with Crippen molar-refractivity contribution in [2.45, 2.75) is 73.3 Å². The lowest BCUT2D eigenvalue weighted by molar-refractivity contribution is 0.274. The topological polar surface area (TPSA) is 12.0 Å². The maximum atomic E-state index is 3.76. The van der Waals surface area contributed by atoms with Crippen molar-refractivity contribution in [3.8, 4) is 0 Å². The molecule has 0 aliphatic rings. The Morgan fingerprint density at radius 2 is 1.81 bits per heavy atom. The molecular weight excluding hydrogens is 254 g/mol. The normalized spacial score (nSPS) is 15.0. The summed E-state index contributed by atoms with van der Waals surface area (Å²) in [6.07, 6.45) is 4.93. The van der Waals surface area contributed by atoms with Crippen LogP contribution in [0.1, 0.15) is 65.0 Å². The highest BCUT2D eigenvalue weighted by Crippen LogP contribution is 2.27. The molecule has 0 bridgehead atoms.